The molecule has 0 saturated carbocycles. The molecule has 1 aromatic heterocycles. The van der Waals surface area contributed by atoms with Gasteiger partial charge < -0.3 is 20.5 Å². The molecule has 150 valence electrons. The summed E-state index contributed by atoms with van der Waals surface area (Å²) in [5, 5.41) is 6.99. The predicted octanol–water partition coefficient (Wildman–Crippen LogP) is 3.20. The van der Waals surface area contributed by atoms with Crippen LogP contribution in [0.4, 0.5) is 11.5 Å². The molecule has 0 spiro atoms. The smallest absolute Gasteiger partial charge is 0.343 e. The number of anilines is 2. The van der Waals surface area contributed by atoms with Crippen molar-refractivity contribution < 1.29 is 19.1 Å². The number of amides is 1. The van der Waals surface area contributed by atoms with Gasteiger partial charge in [-0.25, -0.2) is 9.48 Å². The minimum absolute atomic E-state index is 0.171. The molecule has 0 fully saturated rings. The lowest BCUT2D eigenvalue weighted by molar-refractivity contribution is 0.0527. The minimum Gasteiger partial charge on any atom is -0.495 e. The van der Waals surface area contributed by atoms with E-state index in [1.165, 1.54) is 10.9 Å². The molecule has 3 rings (SSSR count). The number of hydrogen-bond acceptors (Lipinski definition) is 6. The van der Waals surface area contributed by atoms with Gasteiger partial charge in [0.1, 0.15) is 17.1 Å². The molecule has 3 N–H and O–H groups in total. The van der Waals surface area contributed by atoms with E-state index in [1.54, 1.807) is 44.4 Å². The number of benzene rings is 2. The van der Waals surface area contributed by atoms with Gasteiger partial charge >= 0.3 is 5.97 Å². The van der Waals surface area contributed by atoms with E-state index >= 15 is 0 Å². The molecule has 0 saturated heterocycles. The van der Waals surface area contributed by atoms with Crippen molar-refractivity contribution in [3.63, 3.8) is 0 Å². The largest absolute Gasteiger partial charge is 0.495 e. The van der Waals surface area contributed by atoms with Crippen LogP contribution in [0.5, 0.6) is 5.75 Å². The molecule has 0 radical (unpaired) electrons. The maximum absolute atomic E-state index is 12.6. The third-order valence-electron chi connectivity index (χ3n) is 4.28. The first-order valence-corrected chi connectivity index (χ1v) is 9.01. The van der Waals surface area contributed by atoms with Crippen LogP contribution in [-0.4, -0.2) is 35.4 Å². The van der Waals surface area contributed by atoms with E-state index < -0.39 is 5.97 Å². The zero-order valence-corrected chi connectivity index (χ0v) is 16.4. The third-order valence-corrected chi connectivity index (χ3v) is 4.28. The first-order valence-electron chi connectivity index (χ1n) is 9.01. The molecular formula is C21H22N4O4. The second kappa shape index (κ2) is 8.47. The Morgan fingerprint density at radius 3 is 2.55 bits per heavy atom. The Labute approximate surface area is 168 Å². The van der Waals surface area contributed by atoms with Crippen molar-refractivity contribution in [1.29, 1.82) is 0 Å². The van der Waals surface area contributed by atoms with Crippen LogP contribution in [0.25, 0.3) is 5.69 Å². The Bertz CT molecular complexity index is 1040. The van der Waals surface area contributed by atoms with Crippen LogP contribution in [0.2, 0.25) is 0 Å². The highest BCUT2D eigenvalue weighted by molar-refractivity contribution is 6.05. The lowest BCUT2D eigenvalue weighted by Crippen LogP contribution is -2.13. The molecular weight excluding hydrogens is 372 g/mol. The van der Waals surface area contributed by atoms with Crippen molar-refractivity contribution in [2.75, 3.05) is 24.8 Å². The van der Waals surface area contributed by atoms with Crippen LogP contribution >= 0.6 is 0 Å². The molecule has 0 bridgehead atoms. The highest BCUT2D eigenvalue weighted by Crippen LogP contribution is 2.26. The van der Waals surface area contributed by atoms with Crippen LogP contribution in [-0.2, 0) is 4.74 Å². The summed E-state index contributed by atoms with van der Waals surface area (Å²) < 4.78 is 11.7. The Balaban J connectivity index is 1.80. The summed E-state index contributed by atoms with van der Waals surface area (Å²) in [6.45, 7) is 3.90. The molecule has 0 aliphatic rings. The van der Waals surface area contributed by atoms with E-state index in [4.69, 9.17) is 15.2 Å². The van der Waals surface area contributed by atoms with Gasteiger partial charge in [0.15, 0.2) is 0 Å². The SMILES string of the molecule is CCOC(=O)c1cnn(-c2ccc(C(=O)Nc3cc(C)ccc3OC)cc2)c1N. The number of aryl methyl sites for hydroxylation is 1. The zero-order valence-electron chi connectivity index (χ0n) is 16.4. The summed E-state index contributed by atoms with van der Waals surface area (Å²) in [4.78, 5) is 24.5. The van der Waals surface area contributed by atoms with E-state index in [0.717, 1.165) is 5.56 Å². The first-order chi connectivity index (χ1) is 13.9. The monoisotopic (exact) mass is 394 g/mol. The minimum atomic E-state index is -0.528. The van der Waals surface area contributed by atoms with Crippen LogP contribution in [0.15, 0.2) is 48.7 Å². The fraction of sp³-hybridized carbons (Fsp3) is 0.190. The summed E-state index contributed by atoms with van der Waals surface area (Å²) in [5.41, 5.74) is 8.88. The fourth-order valence-electron chi connectivity index (χ4n) is 2.80. The number of nitrogens with one attached hydrogen (secondary N) is 1. The number of ether oxygens (including phenoxy) is 2. The van der Waals surface area contributed by atoms with Gasteiger partial charge in [0.05, 0.1) is 31.3 Å². The number of carbonyl (C=O) groups excluding carboxylic acids is 2. The summed E-state index contributed by atoms with van der Waals surface area (Å²) >= 11 is 0. The number of nitrogen functional groups attached to an aromatic ring is 1. The normalized spacial score (nSPS) is 10.4. The number of esters is 1. The van der Waals surface area contributed by atoms with E-state index in [0.29, 0.717) is 22.7 Å². The van der Waals surface area contributed by atoms with E-state index in [-0.39, 0.29) is 23.9 Å². The second-order valence-corrected chi connectivity index (χ2v) is 6.28. The van der Waals surface area contributed by atoms with Gasteiger partial charge in [-0.15, -0.1) is 0 Å². The van der Waals surface area contributed by atoms with Gasteiger partial charge in [0.2, 0.25) is 0 Å². The Morgan fingerprint density at radius 2 is 1.90 bits per heavy atom. The molecule has 1 amide bonds. The lowest BCUT2D eigenvalue weighted by atomic mass is 10.1. The fourth-order valence-corrected chi connectivity index (χ4v) is 2.80. The van der Waals surface area contributed by atoms with Crippen LogP contribution in [0.3, 0.4) is 0 Å². The molecule has 0 unspecified atom stereocenters. The molecule has 29 heavy (non-hydrogen) atoms. The Kier molecular flexibility index (Phi) is 5.82. The van der Waals surface area contributed by atoms with Crippen LogP contribution in [0, 0.1) is 6.92 Å². The number of methoxy groups -OCH3 is 1. The summed E-state index contributed by atoms with van der Waals surface area (Å²) in [6.07, 6.45) is 1.36. The van der Waals surface area contributed by atoms with Crippen molar-refractivity contribution in [3.05, 3.63) is 65.4 Å². The van der Waals surface area contributed by atoms with Crippen molar-refractivity contribution in [2.24, 2.45) is 0 Å². The zero-order chi connectivity index (χ0) is 21.0. The highest BCUT2D eigenvalue weighted by Gasteiger charge is 2.17. The summed E-state index contributed by atoms with van der Waals surface area (Å²) in [6, 6.07) is 12.2. The highest BCUT2D eigenvalue weighted by atomic mass is 16.5. The molecule has 0 atom stereocenters. The average Bonchev–Trinajstić information content (AvgIpc) is 3.10. The van der Waals surface area contributed by atoms with Crippen molar-refractivity contribution >= 4 is 23.4 Å². The van der Waals surface area contributed by atoms with Crippen molar-refractivity contribution in [1.82, 2.24) is 9.78 Å². The number of hydrogen-bond donors (Lipinski definition) is 2. The van der Waals surface area contributed by atoms with Crippen LogP contribution < -0.4 is 15.8 Å². The van der Waals surface area contributed by atoms with Crippen molar-refractivity contribution in [2.45, 2.75) is 13.8 Å². The summed E-state index contributed by atoms with van der Waals surface area (Å²) in [7, 11) is 1.55. The van der Waals surface area contributed by atoms with Crippen molar-refractivity contribution in [3.8, 4) is 11.4 Å². The first kappa shape index (κ1) is 19.9. The van der Waals surface area contributed by atoms with E-state index in [9.17, 15) is 9.59 Å². The number of rotatable bonds is 6. The summed E-state index contributed by atoms with van der Waals surface area (Å²) in [5.74, 6) is -0.0537. The van der Waals surface area contributed by atoms with E-state index in [2.05, 4.69) is 10.4 Å². The van der Waals surface area contributed by atoms with Gasteiger partial charge in [-0.05, 0) is 55.8 Å². The van der Waals surface area contributed by atoms with Gasteiger partial charge in [-0.2, -0.15) is 5.10 Å². The van der Waals surface area contributed by atoms with Gasteiger partial charge in [0.25, 0.3) is 5.91 Å². The number of nitrogens with zero attached hydrogens (tertiary/aromatic N) is 2. The van der Waals surface area contributed by atoms with Crippen LogP contribution in [0.1, 0.15) is 33.2 Å². The number of carbonyl (C=O) groups is 2. The maximum atomic E-state index is 12.6. The quantitative estimate of drug-likeness (QED) is 0.622. The molecule has 3 aromatic rings. The third kappa shape index (κ3) is 4.21. The maximum Gasteiger partial charge on any atom is 0.343 e. The second-order valence-electron chi connectivity index (χ2n) is 6.28. The molecule has 8 nitrogen and oxygen atoms in total. The number of nitrogens with two attached hydrogens (primary N) is 1. The lowest BCUT2D eigenvalue weighted by Gasteiger charge is -2.11. The van der Waals surface area contributed by atoms with Gasteiger partial charge in [-0.3, -0.25) is 4.79 Å². The standard InChI is InChI=1S/C21H22N4O4/c1-4-29-21(27)16-12-23-25(19(16)22)15-8-6-14(7-9-15)20(26)24-17-11-13(2)5-10-18(17)28-3/h5-12H,4,22H2,1-3H3,(H,24,26). The molecule has 0 aliphatic carbocycles. The Hall–Kier alpha value is -3.81. The molecule has 0 aliphatic heterocycles. The Morgan fingerprint density at radius 1 is 1.17 bits per heavy atom. The van der Waals surface area contributed by atoms with Gasteiger partial charge in [-0.1, -0.05) is 6.07 Å². The van der Waals surface area contributed by atoms with E-state index in [1.807, 2.05) is 19.1 Å². The predicted molar refractivity (Wildman–Crippen MR) is 110 cm³/mol. The van der Waals surface area contributed by atoms with Gasteiger partial charge in [0, 0.05) is 5.56 Å². The molecule has 1 heterocycles. The average molecular weight is 394 g/mol. The topological polar surface area (TPSA) is 108 Å². The number of aromatic nitrogens is 2. The molecule has 2 aromatic carbocycles. The molecule has 8 heteroatoms.